The molecule has 58 heavy (non-hydrogen) atoms. The van der Waals surface area contributed by atoms with Crippen LogP contribution in [-0.4, -0.2) is 0 Å². The third-order valence-corrected chi connectivity index (χ3v) is 15.0. The Morgan fingerprint density at radius 2 is 0.845 bits per heavy atom. The van der Waals surface area contributed by atoms with E-state index in [-0.39, 0.29) is 0 Å². The highest BCUT2D eigenvalue weighted by Gasteiger charge is 2.27. The Bertz CT molecular complexity index is 3500. The Kier molecular flexibility index (Phi) is 7.83. The van der Waals surface area contributed by atoms with Crippen LogP contribution in [0.25, 0.3) is 93.9 Å². The van der Waals surface area contributed by atoms with E-state index in [2.05, 4.69) is 205 Å². The maximum Gasteiger partial charge on any atom is 0.0633 e. The van der Waals surface area contributed by atoms with Gasteiger partial charge < -0.3 is 4.90 Å². The number of rotatable bonds is 6. The minimum Gasteiger partial charge on any atom is -0.308 e. The van der Waals surface area contributed by atoms with Gasteiger partial charge in [-0.25, -0.2) is 0 Å². The van der Waals surface area contributed by atoms with Crippen LogP contribution >= 0.6 is 34.0 Å². The van der Waals surface area contributed by atoms with Gasteiger partial charge in [0, 0.05) is 71.8 Å². The quantitative estimate of drug-likeness (QED) is 0.162. The molecule has 0 atom stereocenters. The van der Waals surface area contributed by atoms with Gasteiger partial charge in [0.1, 0.15) is 0 Å². The second kappa shape index (κ2) is 13.5. The number of anilines is 3. The molecule has 0 bridgehead atoms. The van der Waals surface area contributed by atoms with E-state index in [1.807, 2.05) is 34.0 Å². The lowest BCUT2D eigenvalue weighted by atomic mass is 9.95. The summed E-state index contributed by atoms with van der Waals surface area (Å²) in [6.45, 7) is 0. The van der Waals surface area contributed by atoms with E-state index in [1.54, 1.807) is 0 Å². The first-order chi connectivity index (χ1) is 28.8. The Labute approximate surface area is 347 Å². The zero-order valence-corrected chi connectivity index (χ0v) is 33.7. The fourth-order valence-corrected chi connectivity index (χ4v) is 12.5. The Morgan fingerprint density at radius 1 is 0.310 bits per heavy atom. The van der Waals surface area contributed by atoms with Crippen molar-refractivity contribution in [2.24, 2.45) is 0 Å². The average molecular weight is 792 g/mol. The van der Waals surface area contributed by atoms with Crippen molar-refractivity contribution in [3.63, 3.8) is 0 Å². The molecule has 12 rings (SSSR count). The topological polar surface area (TPSA) is 3.24 Å². The molecule has 4 heteroatoms. The fraction of sp³-hybridized carbons (Fsp3) is 0. The van der Waals surface area contributed by atoms with E-state index in [0.29, 0.717) is 0 Å². The number of benzene rings is 9. The van der Waals surface area contributed by atoms with Crippen LogP contribution in [0.4, 0.5) is 17.1 Å². The smallest absolute Gasteiger partial charge is 0.0633 e. The van der Waals surface area contributed by atoms with Crippen molar-refractivity contribution in [3.05, 3.63) is 200 Å². The highest BCUT2D eigenvalue weighted by atomic mass is 32.1. The molecular formula is C54H33NS3. The maximum atomic E-state index is 2.61. The summed E-state index contributed by atoms with van der Waals surface area (Å²) >= 11 is 5.66. The molecule has 0 aliphatic heterocycles. The van der Waals surface area contributed by atoms with Gasteiger partial charge in [-0.3, -0.25) is 0 Å². The van der Waals surface area contributed by atoms with Crippen LogP contribution in [0.5, 0.6) is 0 Å². The molecule has 3 heterocycles. The molecule has 0 radical (unpaired) electrons. The molecular weight excluding hydrogens is 759 g/mol. The monoisotopic (exact) mass is 791 g/mol. The average Bonchev–Trinajstić information content (AvgIpc) is 3.99. The maximum absolute atomic E-state index is 2.61. The van der Waals surface area contributed by atoms with Crippen molar-refractivity contribution in [3.8, 4) is 33.4 Å². The first-order valence-electron chi connectivity index (χ1n) is 19.6. The second-order valence-corrected chi connectivity index (χ2v) is 18.0. The van der Waals surface area contributed by atoms with Gasteiger partial charge in [0.25, 0.3) is 0 Å². The van der Waals surface area contributed by atoms with Crippen molar-refractivity contribution in [2.45, 2.75) is 0 Å². The highest BCUT2D eigenvalue weighted by molar-refractivity contribution is 7.27. The minimum atomic E-state index is 1.14. The van der Waals surface area contributed by atoms with E-state index in [4.69, 9.17) is 0 Å². The summed E-state index contributed by atoms with van der Waals surface area (Å²) in [5.41, 5.74) is 10.9. The van der Waals surface area contributed by atoms with Crippen molar-refractivity contribution in [1.29, 1.82) is 0 Å². The molecule has 0 aliphatic rings. The van der Waals surface area contributed by atoms with Gasteiger partial charge in [0.05, 0.1) is 11.4 Å². The normalized spacial score (nSPS) is 11.8. The molecule has 0 aliphatic carbocycles. The highest BCUT2D eigenvalue weighted by Crippen LogP contribution is 2.55. The lowest BCUT2D eigenvalue weighted by molar-refractivity contribution is 1.33. The summed E-state index contributed by atoms with van der Waals surface area (Å²) in [6, 6.07) is 73.9. The van der Waals surface area contributed by atoms with Crippen molar-refractivity contribution < 1.29 is 0 Å². The number of hydrogen-bond donors (Lipinski definition) is 0. The molecule has 0 unspecified atom stereocenters. The van der Waals surface area contributed by atoms with Crippen LogP contribution in [-0.2, 0) is 0 Å². The lowest BCUT2D eigenvalue weighted by Crippen LogP contribution is -2.12. The van der Waals surface area contributed by atoms with Gasteiger partial charge in [0.2, 0.25) is 0 Å². The predicted octanol–water partition coefficient (Wildman–Crippen LogP) is 17.3. The summed E-state index contributed by atoms with van der Waals surface area (Å²) in [6.07, 6.45) is 0. The molecule has 12 aromatic rings. The molecule has 0 saturated carbocycles. The zero-order valence-electron chi connectivity index (χ0n) is 31.2. The van der Waals surface area contributed by atoms with Crippen LogP contribution in [0.1, 0.15) is 0 Å². The van der Waals surface area contributed by atoms with Crippen molar-refractivity contribution in [1.82, 2.24) is 0 Å². The largest absolute Gasteiger partial charge is 0.308 e. The van der Waals surface area contributed by atoms with Gasteiger partial charge in [-0.2, -0.15) is 0 Å². The van der Waals surface area contributed by atoms with E-state index >= 15 is 0 Å². The Balaban J connectivity index is 1.26. The van der Waals surface area contributed by atoms with E-state index in [0.717, 1.165) is 5.69 Å². The van der Waals surface area contributed by atoms with E-state index in [1.165, 1.54) is 105 Å². The van der Waals surface area contributed by atoms with Gasteiger partial charge in [-0.15, -0.1) is 34.0 Å². The van der Waals surface area contributed by atoms with Gasteiger partial charge >= 0.3 is 0 Å². The summed E-state index contributed by atoms with van der Waals surface area (Å²) in [5.74, 6) is 0. The second-order valence-electron chi connectivity index (χ2n) is 14.8. The number of hydrogen-bond acceptors (Lipinski definition) is 4. The van der Waals surface area contributed by atoms with E-state index < -0.39 is 0 Å². The minimum absolute atomic E-state index is 1.14. The van der Waals surface area contributed by atoms with Crippen LogP contribution < -0.4 is 4.90 Å². The summed E-state index contributed by atoms with van der Waals surface area (Å²) in [7, 11) is 0. The first kappa shape index (κ1) is 33.6. The SMILES string of the molecule is c1ccc(-c2ccc3sc4c(-c5ccccc5)cccc4c3c2N(c2ccc3sc4ccccc4c3c2)c2ccc(-c3ccccc3)c3sc4ccccc4c23)cc1. The molecule has 0 N–H and O–H groups in total. The summed E-state index contributed by atoms with van der Waals surface area (Å²) in [5, 5.41) is 7.67. The third-order valence-electron chi connectivity index (χ3n) is 11.5. The van der Waals surface area contributed by atoms with Crippen LogP contribution in [0.3, 0.4) is 0 Å². The molecule has 0 fully saturated rings. The van der Waals surface area contributed by atoms with Crippen LogP contribution in [0, 0.1) is 0 Å². The third kappa shape index (κ3) is 5.26. The first-order valence-corrected chi connectivity index (χ1v) is 22.0. The van der Waals surface area contributed by atoms with Crippen LogP contribution in [0.15, 0.2) is 200 Å². The Morgan fingerprint density at radius 3 is 1.57 bits per heavy atom. The van der Waals surface area contributed by atoms with Crippen LogP contribution in [0.2, 0.25) is 0 Å². The molecule has 0 amide bonds. The standard InChI is InChI=1S/C54H33NS3/c1-4-15-34(16-5-1)38-29-32-49-51(43-24-14-23-39(53(43)58-49)35-17-6-2-7-18-35)52(38)55(37-27-31-48-44(33-37)41-21-10-12-25-46(41)56-48)45-30-28-40(36-19-8-3-9-20-36)54-50(45)42-22-11-13-26-47(42)57-54/h1-33H. The van der Waals surface area contributed by atoms with E-state index in [9.17, 15) is 0 Å². The molecule has 0 spiro atoms. The van der Waals surface area contributed by atoms with Gasteiger partial charge in [-0.1, -0.05) is 158 Å². The molecule has 1 nitrogen and oxygen atoms in total. The number of fused-ring (bicyclic) bond motifs is 9. The number of thiophene rings is 3. The van der Waals surface area contributed by atoms with Gasteiger partial charge in [-0.05, 0) is 70.3 Å². The lowest BCUT2D eigenvalue weighted by Gasteiger charge is -2.30. The molecule has 0 saturated heterocycles. The zero-order chi connectivity index (χ0) is 38.2. The summed E-state index contributed by atoms with van der Waals surface area (Å²) in [4.78, 5) is 2.61. The molecule has 9 aromatic carbocycles. The van der Waals surface area contributed by atoms with Crippen molar-refractivity contribution in [2.75, 3.05) is 4.90 Å². The van der Waals surface area contributed by atoms with Gasteiger partial charge in [0.15, 0.2) is 0 Å². The Hall–Kier alpha value is -6.56. The predicted molar refractivity (Wildman–Crippen MR) is 256 cm³/mol. The fourth-order valence-electron chi connectivity index (χ4n) is 8.88. The molecule has 3 aromatic heterocycles. The van der Waals surface area contributed by atoms with Crippen molar-refractivity contribution >= 4 is 112 Å². The summed E-state index contributed by atoms with van der Waals surface area (Å²) < 4.78 is 7.77. The molecule has 272 valence electrons. The number of nitrogens with zero attached hydrogens (tertiary/aromatic N) is 1.